The third-order valence-electron chi connectivity index (χ3n) is 2.93. The van der Waals surface area contributed by atoms with Crippen LogP contribution in [-0.2, 0) is 4.79 Å². The number of anilines is 1. The minimum absolute atomic E-state index is 0.209. The lowest BCUT2D eigenvalue weighted by molar-refractivity contribution is -0.116. The molecule has 3 N–H and O–H groups in total. The number of aliphatic hydroxyl groups is 1. The fourth-order valence-electron chi connectivity index (χ4n) is 1.89. The quantitative estimate of drug-likeness (QED) is 0.808. The largest absolute Gasteiger partial charge is 0.389 e. The maximum Gasteiger partial charge on any atom is 0.236 e. The number of unbranched alkanes of at least 4 members (excludes halogenated alkanes) is 1. The molecule has 1 atom stereocenters. The van der Waals surface area contributed by atoms with Crippen LogP contribution in [0.1, 0.15) is 38.4 Å². The first-order valence-electron chi connectivity index (χ1n) is 6.46. The Balaban J connectivity index is 2.95. The Labute approximate surface area is 122 Å². The Morgan fingerprint density at radius 1 is 1.53 bits per heavy atom. The Morgan fingerprint density at radius 3 is 2.68 bits per heavy atom. The van der Waals surface area contributed by atoms with E-state index in [1.807, 2.05) is 23.1 Å². The number of carbonyl (C=O) groups is 1. The highest BCUT2D eigenvalue weighted by Gasteiger charge is 2.12. The van der Waals surface area contributed by atoms with Crippen LogP contribution in [0, 0.1) is 0 Å². The van der Waals surface area contributed by atoms with Crippen LogP contribution in [-0.4, -0.2) is 24.1 Å². The molecule has 0 saturated carbocycles. The van der Waals surface area contributed by atoms with Crippen LogP contribution < -0.4 is 10.6 Å². The van der Waals surface area contributed by atoms with Gasteiger partial charge in [-0.15, -0.1) is 0 Å². The van der Waals surface area contributed by atoms with Gasteiger partial charge in [0.25, 0.3) is 0 Å². The minimum atomic E-state index is -0.524. The van der Waals surface area contributed by atoms with Crippen molar-refractivity contribution in [3.05, 3.63) is 28.2 Å². The Hall–Kier alpha value is -1.07. The maximum atomic E-state index is 11.1. The third kappa shape index (κ3) is 4.84. The summed E-state index contributed by atoms with van der Waals surface area (Å²) in [4.78, 5) is 13.1. The van der Waals surface area contributed by atoms with Crippen molar-refractivity contribution in [3.63, 3.8) is 0 Å². The third-order valence-corrected chi connectivity index (χ3v) is 3.61. The highest BCUT2D eigenvalue weighted by atomic mass is 79.9. The lowest BCUT2D eigenvalue weighted by atomic mass is 10.1. The van der Waals surface area contributed by atoms with E-state index in [4.69, 9.17) is 5.73 Å². The van der Waals surface area contributed by atoms with Crippen molar-refractivity contribution in [2.75, 3.05) is 18.0 Å². The van der Waals surface area contributed by atoms with E-state index >= 15 is 0 Å². The molecule has 1 aromatic rings. The van der Waals surface area contributed by atoms with Gasteiger partial charge in [-0.1, -0.05) is 35.3 Å². The van der Waals surface area contributed by atoms with Gasteiger partial charge in [-0.2, -0.15) is 0 Å². The molecular formula is C14H21BrN2O2. The van der Waals surface area contributed by atoms with Crippen LogP contribution in [0.25, 0.3) is 0 Å². The summed E-state index contributed by atoms with van der Waals surface area (Å²) in [6.45, 7) is 4.83. The summed E-state index contributed by atoms with van der Waals surface area (Å²) < 4.78 is 0.839. The second-order valence-corrected chi connectivity index (χ2v) is 5.48. The molecule has 0 aliphatic rings. The lowest BCUT2D eigenvalue weighted by Crippen LogP contribution is -2.34. The molecule has 106 valence electrons. The topological polar surface area (TPSA) is 66.6 Å². The van der Waals surface area contributed by atoms with E-state index in [9.17, 15) is 9.90 Å². The number of rotatable bonds is 7. The Morgan fingerprint density at radius 2 is 2.21 bits per heavy atom. The molecule has 0 aliphatic heterocycles. The number of aliphatic hydroxyl groups excluding tert-OH is 1. The van der Waals surface area contributed by atoms with E-state index in [0.29, 0.717) is 0 Å². The first kappa shape index (κ1) is 16.0. The normalized spacial score (nSPS) is 12.2. The summed E-state index contributed by atoms with van der Waals surface area (Å²) >= 11 is 3.45. The number of benzene rings is 1. The summed E-state index contributed by atoms with van der Waals surface area (Å²) in [5, 5.41) is 9.60. The zero-order valence-electron chi connectivity index (χ0n) is 11.4. The van der Waals surface area contributed by atoms with Gasteiger partial charge < -0.3 is 15.7 Å². The second-order valence-electron chi connectivity index (χ2n) is 4.62. The van der Waals surface area contributed by atoms with Crippen LogP contribution >= 0.6 is 15.9 Å². The summed E-state index contributed by atoms with van der Waals surface area (Å²) in [6.07, 6.45) is 1.54. The van der Waals surface area contributed by atoms with Crippen LogP contribution in [0.3, 0.4) is 0 Å². The fraction of sp³-hybridized carbons (Fsp3) is 0.500. The second kappa shape index (κ2) is 7.50. The molecule has 0 aliphatic carbocycles. The van der Waals surface area contributed by atoms with Crippen molar-refractivity contribution in [2.24, 2.45) is 5.73 Å². The van der Waals surface area contributed by atoms with Crippen LogP contribution in [0.4, 0.5) is 5.69 Å². The molecular weight excluding hydrogens is 308 g/mol. The monoisotopic (exact) mass is 328 g/mol. The molecule has 1 aromatic carbocycles. The van der Waals surface area contributed by atoms with E-state index < -0.39 is 6.10 Å². The molecule has 0 saturated heterocycles. The van der Waals surface area contributed by atoms with Gasteiger partial charge in [0.1, 0.15) is 0 Å². The van der Waals surface area contributed by atoms with Gasteiger partial charge in [-0.3, -0.25) is 4.79 Å². The number of halogens is 1. The van der Waals surface area contributed by atoms with Crippen molar-refractivity contribution in [2.45, 2.75) is 32.8 Å². The van der Waals surface area contributed by atoms with E-state index in [1.54, 1.807) is 6.92 Å². The number of carbonyl (C=O) groups excluding carboxylic acids is 1. The standard InChI is InChI=1S/C14H21BrN2O2/c1-3-4-7-17(9-14(16)19)11-5-6-12(10(2)18)13(15)8-11/h5-6,8,10,18H,3-4,7,9H2,1-2H3,(H2,16,19). The highest BCUT2D eigenvalue weighted by Crippen LogP contribution is 2.28. The number of hydrogen-bond donors (Lipinski definition) is 2. The highest BCUT2D eigenvalue weighted by molar-refractivity contribution is 9.10. The fourth-order valence-corrected chi connectivity index (χ4v) is 2.59. The molecule has 0 radical (unpaired) electrons. The minimum Gasteiger partial charge on any atom is -0.389 e. The molecule has 19 heavy (non-hydrogen) atoms. The summed E-state index contributed by atoms with van der Waals surface area (Å²) in [6, 6.07) is 5.69. The molecule has 4 nitrogen and oxygen atoms in total. The predicted molar refractivity (Wildman–Crippen MR) is 81.1 cm³/mol. The average Bonchev–Trinajstić information content (AvgIpc) is 2.33. The van der Waals surface area contributed by atoms with E-state index in [2.05, 4.69) is 22.9 Å². The molecule has 1 amide bonds. The zero-order chi connectivity index (χ0) is 14.4. The van der Waals surface area contributed by atoms with Gasteiger partial charge in [0.05, 0.1) is 12.6 Å². The van der Waals surface area contributed by atoms with Crippen molar-refractivity contribution >= 4 is 27.5 Å². The van der Waals surface area contributed by atoms with Crippen molar-refractivity contribution in [3.8, 4) is 0 Å². The Kier molecular flexibility index (Phi) is 6.31. The van der Waals surface area contributed by atoms with Gasteiger partial charge in [-0.25, -0.2) is 0 Å². The smallest absolute Gasteiger partial charge is 0.236 e. The first-order valence-corrected chi connectivity index (χ1v) is 7.25. The van der Waals surface area contributed by atoms with Gasteiger partial charge >= 0.3 is 0 Å². The van der Waals surface area contributed by atoms with Crippen molar-refractivity contribution in [1.82, 2.24) is 0 Å². The molecule has 1 rings (SSSR count). The predicted octanol–water partition coefficient (Wildman–Crippen LogP) is 2.59. The average molecular weight is 329 g/mol. The molecule has 0 aromatic heterocycles. The summed E-state index contributed by atoms with van der Waals surface area (Å²) in [5.41, 5.74) is 7.05. The molecule has 0 fully saturated rings. The number of amides is 1. The van der Waals surface area contributed by atoms with Gasteiger partial charge in [0.2, 0.25) is 5.91 Å². The first-order chi connectivity index (χ1) is 8.95. The maximum absolute atomic E-state index is 11.1. The molecule has 0 heterocycles. The molecule has 1 unspecified atom stereocenters. The van der Waals surface area contributed by atoms with Crippen LogP contribution in [0.2, 0.25) is 0 Å². The number of nitrogens with zero attached hydrogens (tertiary/aromatic N) is 1. The molecule has 0 bridgehead atoms. The van der Waals surface area contributed by atoms with E-state index in [0.717, 1.165) is 35.1 Å². The summed E-state index contributed by atoms with van der Waals surface area (Å²) in [7, 11) is 0. The van der Waals surface area contributed by atoms with Crippen LogP contribution in [0.5, 0.6) is 0 Å². The number of hydrogen-bond acceptors (Lipinski definition) is 3. The Bertz CT molecular complexity index is 435. The van der Waals surface area contributed by atoms with Crippen molar-refractivity contribution in [1.29, 1.82) is 0 Å². The number of primary amides is 1. The van der Waals surface area contributed by atoms with Gasteiger partial charge in [0, 0.05) is 16.7 Å². The van der Waals surface area contributed by atoms with Crippen molar-refractivity contribution < 1.29 is 9.90 Å². The molecule has 0 spiro atoms. The summed E-state index contributed by atoms with van der Waals surface area (Å²) in [5.74, 6) is -0.341. The van der Waals surface area contributed by atoms with Gasteiger partial charge in [-0.05, 0) is 31.0 Å². The van der Waals surface area contributed by atoms with E-state index in [1.165, 1.54) is 0 Å². The number of nitrogens with two attached hydrogens (primary N) is 1. The lowest BCUT2D eigenvalue weighted by Gasteiger charge is -2.24. The SMILES string of the molecule is CCCCN(CC(N)=O)c1ccc(C(C)O)c(Br)c1. The van der Waals surface area contributed by atoms with Gasteiger partial charge in [0.15, 0.2) is 0 Å². The molecule has 5 heteroatoms. The van der Waals surface area contributed by atoms with Crippen LogP contribution in [0.15, 0.2) is 22.7 Å². The van der Waals surface area contributed by atoms with E-state index in [-0.39, 0.29) is 12.5 Å². The zero-order valence-corrected chi connectivity index (χ0v) is 13.0.